The van der Waals surface area contributed by atoms with Crippen molar-refractivity contribution in [2.45, 2.75) is 51.6 Å². The fourth-order valence-corrected chi connectivity index (χ4v) is 4.36. The maximum atomic E-state index is 12.3. The van der Waals surface area contributed by atoms with Gasteiger partial charge in [-0.25, -0.2) is 4.98 Å². The van der Waals surface area contributed by atoms with Crippen molar-refractivity contribution in [2.75, 3.05) is 0 Å². The molecule has 1 fully saturated rings. The van der Waals surface area contributed by atoms with Crippen LogP contribution in [0.5, 0.6) is 0 Å². The first-order chi connectivity index (χ1) is 13.0. The molecule has 4 rings (SSSR count). The highest BCUT2D eigenvalue weighted by Gasteiger charge is 2.35. The summed E-state index contributed by atoms with van der Waals surface area (Å²) in [5.41, 5.74) is 0.891. The lowest BCUT2D eigenvalue weighted by atomic mass is 9.79. The number of thiazole rings is 1. The SMILES string of the molecule is Cc1nc(CC(=O)NC2CC(c3nnc(Cn4cccn4)n3C)C2)c(C)s1. The molecule has 0 bridgehead atoms. The Morgan fingerprint density at radius 1 is 1.33 bits per heavy atom. The van der Waals surface area contributed by atoms with Crippen LogP contribution < -0.4 is 5.32 Å². The van der Waals surface area contributed by atoms with E-state index in [1.165, 1.54) is 0 Å². The minimum Gasteiger partial charge on any atom is -0.353 e. The molecule has 9 heteroatoms. The van der Waals surface area contributed by atoms with Crippen LogP contribution in [0.25, 0.3) is 0 Å². The van der Waals surface area contributed by atoms with Crippen LogP contribution in [0.2, 0.25) is 0 Å². The van der Waals surface area contributed by atoms with Gasteiger partial charge in [-0.3, -0.25) is 9.48 Å². The number of hydrogen-bond acceptors (Lipinski definition) is 6. The molecule has 3 heterocycles. The zero-order chi connectivity index (χ0) is 19.0. The van der Waals surface area contributed by atoms with Gasteiger partial charge in [-0.05, 0) is 32.8 Å². The minimum atomic E-state index is 0.0455. The molecule has 27 heavy (non-hydrogen) atoms. The molecule has 8 nitrogen and oxygen atoms in total. The lowest BCUT2D eigenvalue weighted by Crippen LogP contribution is -2.44. The summed E-state index contributed by atoms with van der Waals surface area (Å²) in [4.78, 5) is 17.8. The number of carbonyl (C=O) groups excluding carboxylic acids is 1. The largest absolute Gasteiger partial charge is 0.353 e. The van der Waals surface area contributed by atoms with E-state index in [1.807, 2.05) is 42.4 Å². The Hall–Kier alpha value is -2.55. The normalized spacial score (nSPS) is 19.1. The second-order valence-corrected chi connectivity index (χ2v) is 8.49. The van der Waals surface area contributed by atoms with E-state index in [-0.39, 0.29) is 11.9 Å². The van der Waals surface area contributed by atoms with Gasteiger partial charge in [0.1, 0.15) is 12.4 Å². The van der Waals surface area contributed by atoms with E-state index < -0.39 is 0 Å². The standard InChI is InChI=1S/C18H23N7OS/c1-11-15(20-12(2)27-11)9-17(26)21-14-7-13(8-14)18-23-22-16(24(18)3)10-25-6-4-5-19-25/h4-6,13-14H,7-10H2,1-3H3,(H,21,26). The number of nitrogens with one attached hydrogen (secondary N) is 1. The zero-order valence-electron chi connectivity index (χ0n) is 15.7. The number of carbonyl (C=O) groups is 1. The smallest absolute Gasteiger partial charge is 0.226 e. The molecule has 1 amide bonds. The summed E-state index contributed by atoms with van der Waals surface area (Å²) < 4.78 is 3.88. The van der Waals surface area contributed by atoms with Crippen molar-refractivity contribution in [3.63, 3.8) is 0 Å². The molecule has 142 valence electrons. The van der Waals surface area contributed by atoms with Gasteiger partial charge in [-0.15, -0.1) is 21.5 Å². The van der Waals surface area contributed by atoms with E-state index in [9.17, 15) is 4.79 Å². The maximum Gasteiger partial charge on any atom is 0.226 e. The zero-order valence-corrected chi connectivity index (χ0v) is 16.5. The molecular weight excluding hydrogens is 362 g/mol. The van der Waals surface area contributed by atoms with Crippen molar-refractivity contribution >= 4 is 17.2 Å². The van der Waals surface area contributed by atoms with Crippen LogP contribution in [0.15, 0.2) is 18.5 Å². The third-order valence-corrected chi connectivity index (χ3v) is 5.99. The summed E-state index contributed by atoms with van der Waals surface area (Å²) in [5.74, 6) is 2.25. The second-order valence-electron chi connectivity index (χ2n) is 7.08. The summed E-state index contributed by atoms with van der Waals surface area (Å²) in [6.07, 6.45) is 5.82. The Morgan fingerprint density at radius 3 is 2.81 bits per heavy atom. The van der Waals surface area contributed by atoms with E-state index in [0.717, 1.165) is 40.1 Å². The maximum absolute atomic E-state index is 12.3. The molecule has 1 saturated carbocycles. The van der Waals surface area contributed by atoms with Gasteiger partial charge in [0.15, 0.2) is 5.82 Å². The van der Waals surface area contributed by atoms with Crippen LogP contribution in [0.1, 0.15) is 46.0 Å². The van der Waals surface area contributed by atoms with Gasteiger partial charge < -0.3 is 9.88 Å². The molecule has 1 aliphatic rings. The summed E-state index contributed by atoms with van der Waals surface area (Å²) in [5, 5.41) is 17.0. The average Bonchev–Trinajstić information content (AvgIpc) is 3.28. The summed E-state index contributed by atoms with van der Waals surface area (Å²) in [6, 6.07) is 2.10. The van der Waals surface area contributed by atoms with Gasteiger partial charge in [0.2, 0.25) is 5.91 Å². The third kappa shape index (κ3) is 3.78. The summed E-state index contributed by atoms with van der Waals surface area (Å²) in [6.45, 7) is 4.59. The molecule has 1 N–H and O–H groups in total. The third-order valence-electron chi connectivity index (χ3n) is 5.06. The Kier molecular flexibility index (Phi) is 4.77. The molecule has 3 aromatic heterocycles. The van der Waals surface area contributed by atoms with Gasteiger partial charge in [0, 0.05) is 36.3 Å². The van der Waals surface area contributed by atoms with E-state index >= 15 is 0 Å². The number of hydrogen-bond donors (Lipinski definition) is 1. The lowest BCUT2D eigenvalue weighted by molar-refractivity contribution is -0.121. The van der Waals surface area contributed by atoms with Crippen LogP contribution >= 0.6 is 11.3 Å². The molecular formula is C18H23N7OS. The van der Waals surface area contributed by atoms with E-state index in [4.69, 9.17) is 0 Å². The molecule has 3 aromatic rings. The molecule has 1 aliphatic carbocycles. The van der Waals surface area contributed by atoms with Crippen LogP contribution in [0.4, 0.5) is 0 Å². The van der Waals surface area contributed by atoms with Crippen molar-refractivity contribution < 1.29 is 4.79 Å². The number of nitrogens with zero attached hydrogens (tertiary/aromatic N) is 6. The molecule has 0 radical (unpaired) electrons. The van der Waals surface area contributed by atoms with Gasteiger partial charge in [-0.1, -0.05) is 0 Å². The van der Waals surface area contributed by atoms with Crippen molar-refractivity contribution in [3.8, 4) is 0 Å². The molecule has 0 aliphatic heterocycles. The van der Waals surface area contributed by atoms with E-state index in [2.05, 4.69) is 25.6 Å². The fraction of sp³-hybridized carbons (Fsp3) is 0.500. The van der Waals surface area contributed by atoms with Crippen LogP contribution in [0.3, 0.4) is 0 Å². The number of rotatable bonds is 6. The second kappa shape index (κ2) is 7.22. The van der Waals surface area contributed by atoms with Crippen LogP contribution in [-0.4, -0.2) is 41.5 Å². The number of aryl methyl sites for hydroxylation is 2. The van der Waals surface area contributed by atoms with Crippen molar-refractivity contribution in [3.05, 3.63) is 45.7 Å². The summed E-state index contributed by atoms with van der Waals surface area (Å²) in [7, 11) is 1.99. The number of aromatic nitrogens is 6. The molecule has 0 unspecified atom stereocenters. The highest BCUT2D eigenvalue weighted by molar-refractivity contribution is 7.11. The van der Waals surface area contributed by atoms with Gasteiger partial charge >= 0.3 is 0 Å². The first-order valence-electron chi connectivity index (χ1n) is 9.07. The Labute approximate surface area is 161 Å². The first-order valence-corrected chi connectivity index (χ1v) is 9.89. The Morgan fingerprint density at radius 2 is 2.15 bits per heavy atom. The van der Waals surface area contributed by atoms with E-state index in [1.54, 1.807) is 17.5 Å². The van der Waals surface area contributed by atoms with Gasteiger partial charge in [-0.2, -0.15) is 5.10 Å². The molecule has 0 saturated heterocycles. The Bertz CT molecular complexity index is 937. The predicted molar refractivity (Wildman–Crippen MR) is 102 cm³/mol. The monoisotopic (exact) mass is 385 g/mol. The molecule has 0 atom stereocenters. The van der Waals surface area contributed by atoms with Crippen molar-refractivity contribution in [1.82, 2.24) is 34.8 Å². The van der Waals surface area contributed by atoms with Gasteiger partial charge in [0.05, 0.1) is 17.1 Å². The topological polar surface area (TPSA) is 90.5 Å². The summed E-state index contributed by atoms with van der Waals surface area (Å²) >= 11 is 1.64. The fourth-order valence-electron chi connectivity index (χ4n) is 3.52. The Balaban J connectivity index is 1.30. The first kappa shape index (κ1) is 17.8. The van der Waals surface area contributed by atoms with Crippen LogP contribution in [-0.2, 0) is 24.8 Å². The molecule has 0 spiro atoms. The van der Waals surface area contributed by atoms with Crippen molar-refractivity contribution in [1.29, 1.82) is 0 Å². The predicted octanol–water partition coefficient (Wildman–Crippen LogP) is 1.74. The lowest BCUT2D eigenvalue weighted by Gasteiger charge is -2.35. The van der Waals surface area contributed by atoms with Gasteiger partial charge in [0.25, 0.3) is 0 Å². The quantitative estimate of drug-likeness (QED) is 0.698. The molecule has 0 aromatic carbocycles. The van der Waals surface area contributed by atoms with Crippen LogP contribution in [0, 0.1) is 13.8 Å². The van der Waals surface area contributed by atoms with E-state index in [0.29, 0.717) is 18.9 Å². The highest BCUT2D eigenvalue weighted by Crippen LogP contribution is 2.36. The average molecular weight is 385 g/mol. The highest BCUT2D eigenvalue weighted by atomic mass is 32.1. The van der Waals surface area contributed by atoms with Crippen molar-refractivity contribution in [2.24, 2.45) is 7.05 Å². The minimum absolute atomic E-state index is 0.0455. The number of amides is 1.